The number of likely N-dealkylation sites (N-methyl/N-ethyl adjacent to an activating group) is 1. The summed E-state index contributed by atoms with van der Waals surface area (Å²) in [7, 11) is 1.88. The molecule has 0 spiro atoms. The van der Waals surface area contributed by atoms with E-state index in [1.54, 1.807) is 6.08 Å². The molecule has 0 saturated carbocycles. The van der Waals surface area contributed by atoms with Crippen LogP contribution in [0.15, 0.2) is 23.2 Å². The van der Waals surface area contributed by atoms with Crippen LogP contribution in [0.1, 0.15) is 25.3 Å². The van der Waals surface area contributed by atoms with E-state index in [4.69, 9.17) is 4.52 Å². The monoisotopic (exact) mass is 251 g/mol. The van der Waals surface area contributed by atoms with E-state index in [2.05, 4.69) is 17.1 Å². The number of carbonyl (C=O) groups excluding carboxylic acids is 1. The van der Waals surface area contributed by atoms with Gasteiger partial charge in [0.2, 0.25) is 5.91 Å². The van der Waals surface area contributed by atoms with E-state index in [0.29, 0.717) is 13.1 Å². The number of carbonyl (C=O) groups is 1. The molecule has 1 heterocycles. The minimum Gasteiger partial charge on any atom is -0.360 e. The van der Waals surface area contributed by atoms with Crippen molar-refractivity contribution < 1.29 is 9.32 Å². The Kier molecular flexibility index (Phi) is 5.58. The molecule has 1 rings (SSSR count). The number of hydrogen-bond acceptors (Lipinski definition) is 4. The number of aryl methyl sites for hydroxylation is 1. The Morgan fingerprint density at radius 3 is 3.00 bits per heavy atom. The van der Waals surface area contributed by atoms with Gasteiger partial charge in [0.1, 0.15) is 0 Å². The molecule has 1 aromatic heterocycles. The zero-order valence-electron chi connectivity index (χ0n) is 11.3. The van der Waals surface area contributed by atoms with Gasteiger partial charge in [-0.2, -0.15) is 0 Å². The van der Waals surface area contributed by atoms with Crippen LogP contribution in [0.3, 0.4) is 0 Å². The summed E-state index contributed by atoms with van der Waals surface area (Å²) in [5, 5.41) is 6.70. The number of hydrogen-bond donors (Lipinski definition) is 1. The lowest BCUT2D eigenvalue weighted by atomic mass is 10.2. The van der Waals surface area contributed by atoms with Crippen molar-refractivity contribution in [2.75, 3.05) is 13.6 Å². The van der Waals surface area contributed by atoms with E-state index < -0.39 is 0 Å². The molecule has 1 amide bonds. The summed E-state index contributed by atoms with van der Waals surface area (Å²) in [6.07, 6.45) is 2.51. The first kappa shape index (κ1) is 14.4. The predicted octanol–water partition coefficient (Wildman–Crippen LogP) is 1.36. The Balaban J connectivity index is 2.50. The summed E-state index contributed by atoms with van der Waals surface area (Å²) in [6, 6.07) is 1.70. The fourth-order valence-corrected chi connectivity index (χ4v) is 1.50. The molecule has 0 bridgehead atoms. The molecule has 0 aliphatic carbocycles. The van der Waals surface area contributed by atoms with Crippen LogP contribution in [-0.2, 0) is 17.8 Å². The number of aromatic nitrogens is 1. The van der Waals surface area contributed by atoms with E-state index in [1.807, 2.05) is 31.9 Å². The number of rotatable bonds is 7. The highest BCUT2D eigenvalue weighted by molar-refractivity contribution is 5.81. The highest BCUT2D eigenvalue weighted by Gasteiger charge is 2.18. The lowest BCUT2D eigenvalue weighted by Crippen LogP contribution is -2.42. The molecule has 5 nitrogen and oxygen atoms in total. The van der Waals surface area contributed by atoms with Crippen molar-refractivity contribution in [3.8, 4) is 0 Å². The van der Waals surface area contributed by atoms with Gasteiger partial charge in [0.15, 0.2) is 5.76 Å². The minimum absolute atomic E-state index is 0.0207. The Morgan fingerprint density at radius 1 is 1.72 bits per heavy atom. The summed E-state index contributed by atoms with van der Waals surface area (Å²) in [6.45, 7) is 8.50. The molecule has 0 saturated heterocycles. The Bertz CT molecular complexity index is 401. The molecule has 0 aromatic carbocycles. The lowest BCUT2D eigenvalue weighted by Gasteiger charge is -2.22. The van der Waals surface area contributed by atoms with Gasteiger partial charge < -0.3 is 9.84 Å². The molecular formula is C13H21N3O2. The highest BCUT2D eigenvalue weighted by atomic mass is 16.5. The third-order valence-electron chi connectivity index (χ3n) is 2.84. The zero-order chi connectivity index (χ0) is 13.5. The van der Waals surface area contributed by atoms with Gasteiger partial charge in [0.25, 0.3) is 0 Å². The minimum atomic E-state index is -0.222. The second-order valence-electron chi connectivity index (χ2n) is 4.26. The summed E-state index contributed by atoms with van der Waals surface area (Å²) in [5.41, 5.74) is 0.933. The van der Waals surface area contributed by atoms with Gasteiger partial charge in [0.05, 0.1) is 18.3 Å². The maximum absolute atomic E-state index is 11.7. The molecular weight excluding hydrogens is 230 g/mol. The standard InChI is InChI=1S/C13H21N3O2/c1-5-7-14-13(17)10(3)16(4)9-12-8-11(6-2)15-18-12/h5,8,10H,1,6-7,9H2,2-4H3,(H,14,17)/t10-/m1/s1. The first-order valence-electron chi connectivity index (χ1n) is 6.11. The first-order chi connectivity index (χ1) is 8.58. The van der Waals surface area contributed by atoms with Crippen molar-refractivity contribution in [2.24, 2.45) is 0 Å². The van der Waals surface area contributed by atoms with Crippen molar-refractivity contribution in [3.63, 3.8) is 0 Å². The third kappa shape index (κ3) is 4.00. The van der Waals surface area contributed by atoms with Crippen LogP contribution >= 0.6 is 0 Å². The van der Waals surface area contributed by atoms with Gasteiger partial charge in [0, 0.05) is 12.6 Å². The molecule has 1 aromatic rings. The second kappa shape index (κ2) is 6.96. The van der Waals surface area contributed by atoms with E-state index in [-0.39, 0.29) is 11.9 Å². The van der Waals surface area contributed by atoms with Crippen LogP contribution in [0, 0.1) is 0 Å². The second-order valence-corrected chi connectivity index (χ2v) is 4.26. The van der Waals surface area contributed by atoms with Gasteiger partial charge >= 0.3 is 0 Å². The van der Waals surface area contributed by atoms with E-state index in [1.165, 1.54) is 0 Å². The molecule has 1 N–H and O–H groups in total. The van der Waals surface area contributed by atoms with Crippen LogP contribution in [0.25, 0.3) is 0 Å². The van der Waals surface area contributed by atoms with Crippen molar-refractivity contribution >= 4 is 5.91 Å². The lowest BCUT2D eigenvalue weighted by molar-refractivity contribution is -0.125. The molecule has 100 valence electrons. The number of nitrogens with one attached hydrogen (secondary N) is 1. The largest absolute Gasteiger partial charge is 0.360 e. The summed E-state index contributed by atoms with van der Waals surface area (Å²) in [4.78, 5) is 13.7. The van der Waals surface area contributed by atoms with Crippen LogP contribution < -0.4 is 5.32 Å². The van der Waals surface area contributed by atoms with Gasteiger partial charge in [-0.1, -0.05) is 18.2 Å². The molecule has 1 atom stereocenters. The quantitative estimate of drug-likeness (QED) is 0.743. The fourth-order valence-electron chi connectivity index (χ4n) is 1.50. The smallest absolute Gasteiger partial charge is 0.237 e. The molecule has 5 heteroatoms. The topological polar surface area (TPSA) is 58.4 Å². The average Bonchev–Trinajstić information content (AvgIpc) is 2.82. The fraction of sp³-hybridized carbons (Fsp3) is 0.538. The van der Waals surface area contributed by atoms with E-state index in [9.17, 15) is 4.79 Å². The van der Waals surface area contributed by atoms with Crippen molar-refractivity contribution in [1.82, 2.24) is 15.4 Å². The van der Waals surface area contributed by atoms with Crippen molar-refractivity contribution in [1.29, 1.82) is 0 Å². The van der Waals surface area contributed by atoms with Crippen LogP contribution in [0.2, 0.25) is 0 Å². The Hall–Kier alpha value is -1.62. The highest BCUT2D eigenvalue weighted by Crippen LogP contribution is 2.09. The van der Waals surface area contributed by atoms with E-state index >= 15 is 0 Å². The molecule has 0 fully saturated rings. The van der Waals surface area contributed by atoms with Gasteiger partial charge in [-0.05, 0) is 20.4 Å². The van der Waals surface area contributed by atoms with Crippen LogP contribution in [-0.4, -0.2) is 35.6 Å². The Morgan fingerprint density at radius 2 is 2.44 bits per heavy atom. The molecule has 0 radical (unpaired) electrons. The van der Waals surface area contributed by atoms with Gasteiger partial charge in [-0.3, -0.25) is 9.69 Å². The zero-order valence-corrected chi connectivity index (χ0v) is 11.3. The molecule has 0 unspecified atom stereocenters. The van der Waals surface area contributed by atoms with Crippen LogP contribution in [0.4, 0.5) is 0 Å². The summed E-state index contributed by atoms with van der Waals surface area (Å²) < 4.78 is 5.20. The summed E-state index contributed by atoms with van der Waals surface area (Å²) in [5.74, 6) is 0.755. The maximum atomic E-state index is 11.7. The summed E-state index contributed by atoms with van der Waals surface area (Å²) >= 11 is 0. The maximum Gasteiger partial charge on any atom is 0.237 e. The van der Waals surface area contributed by atoms with Crippen LogP contribution in [0.5, 0.6) is 0 Å². The molecule has 18 heavy (non-hydrogen) atoms. The third-order valence-corrected chi connectivity index (χ3v) is 2.84. The number of amides is 1. The predicted molar refractivity (Wildman–Crippen MR) is 70.0 cm³/mol. The average molecular weight is 251 g/mol. The SMILES string of the molecule is C=CCNC(=O)[C@@H](C)N(C)Cc1cc(CC)no1. The molecule has 0 aliphatic rings. The van der Waals surface area contributed by atoms with Crippen molar-refractivity contribution in [3.05, 3.63) is 30.2 Å². The normalized spacial score (nSPS) is 12.4. The first-order valence-corrected chi connectivity index (χ1v) is 6.11. The van der Waals surface area contributed by atoms with Gasteiger partial charge in [-0.15, -0.1) is 6.58 Å². The Labute approximate surface area is 108 Å². The molecule has 0 aliphatic heterocycles. The van der Waals surface area contributed by atoms with Gasteiger partial charge in [-0.25, -0.2) is 0 Å². The van der Waals surface area contributed by atoms with E-state index in [0.717, 1.165) is 17.9 Å². The number of nitrogens with zero attached hydrogens (tertiary/aromatic N) is 2. The van der Waals surface area contributed by atoms with Crippen molar-refractivity contribution in [2.45, 2.75) is 32.9 Å².